The van der Waals surface area contributed by atoms with E-state index < -0.39 is 17.1 Å². The second-order valence-electron chi connectivity index (χ2n) is 9.43. The third kappa shape index (κ3) is 6.61. The topological polar surface area (TPSA) is 84.9 Å². The zero-order valence-electron chi connectivity index (χ0n) is 22.9. The number of rotatable bonds is 10. The number of hydrogen-bond donors (Lipinski definition) is 1. The van der Waals surface area contributed by atoms with Crippen molar-refractivity contribution in [2.75, 3.05) is 18.5 Å². The fourth-order valence-corrected chi connectivity index (χ4v) is 5.37. The van der Waals surface area contributed by atoms with Crippen LogP contribution in [0, 0.1) is 0 Å². The van der Waals surface area contributed by atoms with Crippen molar-refractivity contribution in [2.24, 2.45) is 0 Å². The summed E-state index contributed by atoms with van der Waals surface area (Å²) in [7, 11) is 0. The van der Waals surface area contributed by atoms with E-state index in [1.807, 2.05) is 56.3 Å². The zero-order chi connectivity index (χ0) is 28.8. The van der Waals surface area contributed by atoms with Gasteiger partial charge in [-0.3, -0.25) is 19.3 Å². The maximum atomic E-state index is 13.0. The Labute approximate surface area is 243 Å². The predicted molar refractivity (Wildman–Crippen MR) is 163 cm³/mol. The van der Waals surface area contributed by atoms with Crippen molar-refractivity contribution in [3.63, 3.8) is 0 Å². The van der Waals surface area contributed by atoms with Gasteiger partial charge in [-0.15, -0.1) is 0 Å². The first-order valence-electron chi connectivity index (χ1n) is 13.5. The fraction of sp³-hybridized carbons (Fsp3) is 0.182. The van der Waals surface area contributed by atoms with Crippen LogP contribution in [0.2, 0.25) is 0 Å². The van der Waals surface area contributed by atoms with E-state index in [-0.39, 0.29) is 11.4 Å². The molecule has 0 radical (unpaired) electrons. The van der Waals surface area contributed by atoms with Crippen LogP contribution in [0.3, 0.4) is 0 Å². The number of nitrogens with zero attached hydrogens (tertiary/aromatic N) is 1. The largest absolute Gasteiger partial charge is 0.490 e. The van der Waals surface area contributed by atoms with E-state index in [1.54, 1.807) is 30.3 Å². The first-order valence-corrected chi connectivity index (χ1v) is 14.3. The summed E-state index contributed by atoms with van der Waals surface area (Å²) in [6, 6.07) is 27.1. The molecule has 208 valence electrons. The summed E-state index contributed by atoms with van der Waals surface area (Å²) in [5.41, 5.74) is 3.50. The molecule has 7 nitrogen and oxygen atoms in total. The van der Waals surface area contributed by atoms with E-state index in [4.69, 9.17) is 9.47 Å². The van der Waals surface area contributed by atoms with Crippen molar-refractivity contribution < 1.29 is 23.9 Å². The number of ether oxygens (including phenoxy) is 2. The van der Waals surface area contributed by atoms with Crippen LogP contribution in [0.5, 0.6) is 11.5 Å². The average Bonchev–Trinajstić information content (AvgIpc) is 3.24. The SMILES string of the molecule is CCOc1cc(/C=C2/SC(=O)N(CC(=O)Nc3ccc(CC)cc3)C2=O)ccc1OCc1cccc2ccccc12. The summed E-state index contributed by atoms with van der Waals surface area (Å²) < 4.78 is 12.0. The van der Waals surface area contributed by atoms with Crippen LogP contribution in [0.25, 0.3) is 16.8 Å². The number of carbonyl (C=O) groups is 3. The molecular formula is C33H30N2O5S. The molecule has 1 N–H and O–H groups in total. The maximum Gasteiger partial charge on any atom is 0.294 e. The highest BCUT2D eigenvalue weighted by atomic mass is 32.2. The van der Waals surface area contributed by atoms with Crippen LogP contribution in [0.4, 0.5) is 10.5 Å². The zero-order valence-corrected chi connectivity index (χ0v) is 23.7. The molecule has 0 aromatic heterocycles. The van der Waals surface area contributed by atoms with Crippen molar-refractivity contribution in [2.45, 2.75) is 26.9 Å². The molecular weight excluding hydrogens is 536 g/mol. The minimum absolute atomic E-state index is 0.238. The minimum atomic E-state index is -0.509. The van der Waals surface area contributed by atoms with Crippen molar-refractivity contribution in [3.05, 3.63) is 107 Å². The molecule has 1 saturated heterocycles. The standard InChI is InChI=1S/C33H30N2O5S/c1-3-22-12-15-26(16-13-22)34-31(36)20-35-32(37)30(41-33(35)38)19-23-14-17-28(29(18-23)39-4-2)40-21-25-10-7-9-24-8-5-6-11-27(24)25/h5-19H,3-4,20-21H2,1-2H3,(H,34,36)/b30-19+. The lowest BCUT2D eigenvalue weighted by Gasteiger charge is -2.14. The minimum Gasteiger partial charge on any atom is -0.490 e. The van der Waals surface area contributed by atoms with Gasteiger partial charge in [0.1, 0.15) is 13.2 Å². The van der Waals surface area contributed by atoms with E-state index in [9.17, 15) is 14.4 Å². The van der Waals surface area contributed by atoms with Gasteiger partial charge in [0.15, 0.2) is 11.5 Å². The molecule has 8 heteroatoms. The number of carbonyl (C=O) groups excluding carboxylic acids is 3. The Kier molecular flexibility index (Phi) is 8.70. The van der Waals surface area contributed by atoms with Crippen LogP contribution in [-0.4, -0.2) is 35.1 Å². The van der Waals surface area contributed by atoms with Crippen LogP contribution in [0.1, 0.15) is 30.5 Å². The molecule has 41 heavy (non-hydrogen) atoms. The Morgan fingerprint density at radius 1 is 0.902 bits per heavy atom. The summed E-state index contributed by atoms with van der Waals surface area (Å²) in [6.45, 7) is 4.37. The van der Waals surface area contributed by atoms with Crippen molar-refractivity contribution in [1.29, 1.82) is 0 Å². The fourth-order valence-electron chi connectivity index (χ4n) is 4.53. The number of imide groups is 1. The lowest BCUT2D eigenvalue weighted by Crippen LogP contribution is -2.36. The summed E-state index contributed by atoms with van der Waals surface area (Å²) >= 11 is 0.808. The molecule has 0 atom stereocenters. The van der Waals surface area contributed by atoms with Gasteiger partial charge in [0.05, 0.1) is 11.5 Å². The van der Waals surface area contributed by atoms with Gasteiger partial charge in [0, 0.05) is 5.69 Å². The Balaban J connectivity index is 1.27. The van der Waals surface area contributed by atoms with Gasteiger partial charge in [0.25, 0.3) is 11.1 Å². The molecule has 5 rings (SSSR count). The monoisotopic (exact) mass is 566 g/mol. The van der Waals surface area contributed by atoms with Crippen LogP contribution in [-0.2, 0) is 22.6 Å². The Morgan fingerprint density at radius 2 is 1.68 bits per heavy atom. The number of thioether (sulfide) groups is 1. The number of fused-ring (bicyclic) bond motifs is 1. The molecule has 0 unspecified atom stereocenters. The molecule has 1 heterocycles. The molecule has 4 aromatic carbocycles. The van der Waals surface area contributed by atoms with E-state index >= 15 is 0 Å². The first-order chi connectivity index (χ1) is 19.9. The van der Waals surface area contributed by atoms with E-state index in [0.29, 0.717) is 36.0 Å². The molecule has 1 fully saturated rings. The maximum absolute atomic E-state index is 13.0. The Bertz CT molecular complexity index is 1630. The first kappa shape index (κ1) is 28.0. The summed E-state index contributed by atoms with van der Waals surface area (Å²) in [6.07, 6.45) is 2.52. The molecule has 0 spiro atoms. The quantitative estimate of drug-likeness (QED) is 0.207. The Hall–Kier alpha value is -4.56. The van der Waals surface area contributed by atoms with Gasteiger partial charge in [0.2, 0.25) is 5.91 Å². The van der Waals surface area contributed by atoms with Gasteiger partial charge >= 0.3 is 0 Å². The Morgan fingerprint density at radius 3 is 2.46 bits per heavy atom. The van der Waals surface area contributed by atoms with Gasteiger partial charge < -0.3 is 14.8 Å². The third-order valence-electron chi connectivity index (χ3n) is 6.65. The van der Waals surface area contributed by atoms with Gasteiger partial charge in [-0.25, -0.2) is 0 Å². The van der Waals surface area contributed by atoms with Gasteiger partial charge in [-0.1, -0.05) is 67.6 Å². The van der Waals surface area contributed by atoms with Crippen molar-refractivity contribution >= 4 is 51.4 Å². The summed E-state index contributed by atoms with van der Waals surface area (Å²) in [4.78, 5) is 39.4. The summed E-state index contributed by atoms with van der Waals surface area (Å²) in [5.74, 6) is 0.165. The lowest BCUT2D eigenvalue weighted by molar-refractivity contribution is -0.127. The number of hydrogen-bond acceptors (Lipinski definition) is 6. The van der Waals surface area contributed by atoms with Crippen LogP contribution >= 0.6 is 11.8 Å². The van der Waals surface area contributed by atoms with Gasteiger partial charge in [-0.2, -0.15) is 0 Å². The highest BCUT2D eigenvalue weighted by Crippen LogP contribution is 2.35. The number of amides is 3. The predicted octanol–water partition coefficient (Wildman–Crippen LogP) is 7.05. The highest BCUT2D eigenvalue weighted by Gasteiger charge is 2.36. The van der Waals surface area contributed by atoms with Crippen LogP contribution < -0.4 is 14.8 Å². The highest BCUT2D eigenvalue weighted by molar-refractivity contribution is 8.18. The normalized spacial score (nSPS) is 14.1. The van der Waals surface area contributed by atoms with Crippen LogP contribution in [0.15, 0.2) is 89.8 Å². The van der Waals surface area contributed by atoms with Crippen molar-refractivity contribution in [3.8, 4) is 11.5 Å². The number of benzene rings is 4. The molecule has 3 amide bonds. The molecule has 1 aliphatic rings. The molecule has 0 bridgehead atoms. The molecule has 1 aliphatic heterocycles. The van der Waals surface area contributed by atoms with E-state index in [2.05, 4.69) is 23.5 Å². The van der Waals surface area contributed by atoms with E-state index in [0.717, 1.165) is 45.0 Å². The van der Waals surface area contributed by atoms with E-state index in [1.165, 1.54) is 0 Å². The second-order valence-corrected chi connectivity index (χ2v) is 10.4. The number of anilines is 1. The van der Waals surface area contributed by atoms with Gasteiger partial charge in [-0.05, 0) is 82.9 Å². The third-order valence-corrected chi connectivity index (χ3v) is 7.56. The number of nitrogens with one attached hydrogen (secondary N) is 1. The average molecular weight is 567 g/mol. The molecule has 0 aliphatic carbocycles. The number of aryl methyl sites for hydroxylation is 1. The molecule has 4 aromatic rings. The smallest absolute Gasteiger partial charge is 0.294 e. The lowest BCUT2D eigenvalue weighted by atomic mass is 10.1. The summed E-state index contributed by atoms with van der Waals surface area (Å²) in [5, 5.41) is 4.53. The molecule has 0 saturated carbocycles. The second kappa shape index (κ2) is 12.7. The van der Waals surface area contributed by atoms with Crippen molar-refractivity contribution in [1.82, 2.24) is 4.90 Å².